The van der Waals surface area contributed by atoms with E-state index in [-0.39, 0.29) is 5.69 Å². The number of rotatable bonds is 5. The normalized spacial score (nSPS) is 11.6. The van der Waals surface area contributed by atoms with Gasteiger partial charge in [-0.3, -0.25) is 9.78 Å². The quantitative estimate of drug-likeness (QED) is 0.471. The predicted molar refractivity (Wildman–Crippen MR) is 61.2 cm³/mol. The van der Waals surface area contributed by atoms with Gasteiger partial charge in [-0.2, -0.15) is 0 Å². The summed E-state index contributed by atoms with van der Waals surface area (Å²) in [4.78, 5) is 14.7. The number of carbonyl (C=O) groups excluding carboxylic acids is 1. The van der Waals surface area contributed by atoms with Crippen molar-refractivity contribution in [2.75, 3.05) is 7.11 Å². The van der Waals surface area contributed by atoms with Crippen molar-refractivity contribution in [2.24, 2.45) is 0 Å². The lowest BCUT2D eigenvalue weighted by atomic mass is 10.1. The number of alkyl halides is 6. The predicted octanol–water partition coefficient (Wildman–Crippen LogP) is 3.37. The highest BCUT2D eigenvalue weighted by Gasteiger charge is 2.35. The molecule has 0 amide bonds. The Bertz CT molecular complexity index is 521. The lowest BCUT2D eigenvalue weighted by Gasteiger charge is -2.17. The van der Waals surface area contributed by atoms with Crippen LogP contribution in [0.4, 0.5) is 22.0 Å². The van der Waals surface area contributed by atoms with Crippen molar-refractivity contribution in [2.45, 2.75) is 25.1 Å². The van der Waals surface area contributed by atoms with Crippen LogP contribution in [0.3, 0.4) is 0 Å². The van der Waals surface area contributed by atoms with Gasteiger partial charge in [0.2, 0.25) is 0 Å². The molecule has 0 atom stereocenters. The third-order valence-electron chi connectivity index (χ3n) is 2.37. The third-order valence-corrected chi connectivity index (χ3v) is 2.64. The first-order chi connectivity index (χ1) is 9.69. The van der Waals surface area contributed by atoms with E-state index >= 15 is 0 Å². The Balaban J connectivity index is 3.38. The molecule has 1 aromatic rings. The summed E-state index contributed by atoms with van der Waals surface area (Å²) in [5.74, 6) is -2.54. The van der Waals surface area contributed by atoms with Gasteiger partial charge >= 0.3 is 12.3 Å². The van der Waals surface area contributed by atoms with E-state index in [0.29, 0.717) is 6.20 Å². The first-order valence-corrected chi connectivity index (χ1v) is 5.90. The molecule has 4 nitrogen and oxygen atoms in total. The molecule has 21 heavy (non-hydrogen) atoms. The van der Waals surface area contributed by atoms with Crippen LogP contribution in [0.15, 0.2) is 6.20 Å². The molecular weight excluding hydrogens is 325 g/mol. The molecule has 10 heteroatoms. The number of esters is 1. The smallest absolute Gasteiger partial charge is 0.469 e. The number of halogens is 6. The third kappa shape index (κ3) is 4.69. The van der Waals surface area contributed by atoms with Gasteiger partial charge in [0.15, 0.2) is 0 Å². The number of pyridine rings is 1. The minimum absolute atomic E-state index is 0.222. The molecule has 1 aromatic heterocycles. The second-order valence-electron chi connectivity index (χ2n) is 3.70. The van der Waals surface area contributed by atoms with Crippen LogP contribution < -0.4 is 4.74 Å². The van der Waals surface area contributed by atoms with E-state index in [1.165, 1.54) is 0 Å². The molecule has 0 spiro atoms. The van der Waals surface area contributed by atoms with E-state index in [1.54, 1.807) is 0 Å². The summed E-state index contributed by atoms with van der Waals surface area (Å²) >= 11 is 5.49. The molecule has 1 rings (SSSR count). The van der Waals surface area contributed by atoms with Crippen LogP contribution in [0.25, 0.3) is 0 Å². The molecule has 0 aliphatic carbocycles. The Morgan fingerprint density at radius 2 is 2.05 bits per heavy atom. The van der Waals surface area contributed by atoms with Crippen molar-refractivity contribution in [1.82, 2.24) is 4.98 Å². The van der Waals surface area contributed by atoms with Crippen molar-refractivity contribution >= 4 is 17.6 Å². The van der Waals surface area contributed by atoms with Crippen LogP contribution in [0.1, 0.15) is 23.2 Å². The molecule has 0 saturated heterocycles. The number of carbonyl (C=O) groups is 1. The van der Waals surface area contributed by atoms with Crippen LogP contribution in [0.2, 0.25) is 0 Å². The summed E-state index contributed by atoms with van der Waals surface area (Å²) in [7, 11) is 1.06. The zero-order chi connectivity index (χ0) is 16.2. The van der Waals surface area contributed by atoms with Gasteiger partial charge in [-0.1, -0.05) is 0 Å². The molecule has 1 heterocycles. The summed E-state index contributed by atoms with van der Waals surface area (Å²) in [6.45, 7) is 0. The topological polar surface area (TPSA) is 48.4 Å². The molecule has 0 radical (unpaired) electrons. The largest absolute Gasteiger partial charge is 0.573 e. The zero-order valence-corrected chi connectivity index (χ0v) is 11.3. The fourth-order valence-corrected chi connectivity index (χ4v) is 1.76. The zero-order valence-electron chi connectivity index (χ0n) is 10.5. The lowest BCUT2D eigenvalue weighted by molar-refractivity contribution is -0.275. The monoisotopic (exact) mass is 333 g/mol. The Kier molecular flexibility index (Phi) is 5.70. The van der Waals surface area contributed by atoms with Crippen molar-refractivity contribution < 1.29 is 36.2 Å². The fourth-order valence-electron chi connectivity index (χ4n) is 1.48. The van der Waals surface area contributed by atoms with E-state index in [2.05, 4.69) is 14.5 Å². The molecular formula is C11H9ClF5NO3. The van der Waals surface area contributed by atoms with Crippen molar-refractivity contribution in [3.05, 3.63) is 23.0 Å². The second kappa shape index (κ2) is 6.88. The first-order valence-electron chi connectivity index (χ1n) is 5.37. The first kappa shape index (κ1) is 17.4. The summed E-state index contributed by atoms with van der Waals surface area (Å²) in [6.07, 6.45) is -8.44. The number of hydrogen-bond acceptors (Lipinski definition) is 4. The summed E-state index contributed by atoms with van der Waals surface area (Å²) in [5, 5.41) is 0. The minimum Gasteiger partial charge on any atom is -0.469 e. The summed E-state index contributed by atoms with van der Waals surface area (Å²) in [5.41, 5.74) is -1.71. The Hall–Kier alpha value is -1.64. The number of nitrogens with zero attached hydrogens (tertiary/aromatic N) is 1. The molecule has 118 valence electrons. The second-order valence-corrected chi connectivity index (χ2v) is 3.97. The molecule has 0 aliphatic heterocycles. The Morgan fingerprint density at radius 1 is 1.43 bits per heavy atom. The van der Waals surface area contributed by atoms with Gasteiger partial charge in [0, 0.05) is 11.8 Å². The molecule has 0 saturated carbocycles. The van der Waals surface area contributed by atoms with Crippen LogP contribution in [0.5, 0.6) is 5.75 Å². The fraction of sp³-hybridized carbons (Fsp3) is 0.455. The number of ether oxygens (including phenoxy) is 2. The van der Waals surface area contributed by atoms with Crippen LogP contribution in [-0.2, 0) is 21.8 Å². The number of aromatic nitrogens is 1. The summed E-state index contributed by atoms with van der Waals surface area (Å²) in [6, 6.07) is 0. The van der Waals surface area contributed by atoms with Gasteiger partial charge in [-0.15, -0.1) is 24.8 Å². The molecule has 0 unspecified atom stereocenters. The van der Waals surface area contributed by atoms with Crippen molar-refractivity contribution in [3.63, 3.8) is 0 Å². The van der Waals surface area contributed by atoms with Gasteiger partial charge < -0.3 is 9.47 Å². The maximum absolute atomic E-state index is 12.8. The average Bonchev–Trinajstić information content (AvgIpc) is 2.36. The van der Waals surface area contributed by atoms with Crippen molar-refractivity contribution in [1.29, 1.82) is 0 Å². The maximum atomic E-state index is 12.8. The van der Waals surface area contributed by atoms with E-state index in [1.807, 2.05) is 0 Å². The molecule has 0 fully saturated rings. The van der Waals surface area contributed by atoms with Gasteiger partial charge in [-0.25, -0.2) is 8.78 Å². The Labute approximate surface area is 120 Å². The highest BCUT2D eigenvalue weighted by Crippen LogP contribution is 2.37. The minimum atomic E-state index is -5.19. The summed E-state index contributed by atoms with van der Waals surface area (Å²) < 4.78 is 70.5. The van der Waals surface area contributed by atoms with Gasteiger partial charge in [-0.05, 0) is 0 Å². The van der Waals surface area contributed by atoms with E-state index < -0.39 is 47.9 Å². The van der Waals surface area contributed by atoms with Crippen LogP contribution >= 0.6 is 11.6 Å². The van der Waals surface area contributed by atoms with Gasteiger partial charge in [0.25, 0.3) is 6.43 Å². The van der Waals surface area contributed by atoms with Crippen molar-refractivity contribution in [3.8, 4) is 5.75 Å². The highest BCUT2D eigenvalue weighted by atomic mass is 35.5. The number of hydrogen-bond donors (Lipinski definition) is 0. The van der Waals surface area contributed by atoms with E-state index in [0.717, 1.165) is 7.11 Å². The molecule has 0 aromatic carbocycles. The van der Waals surface area contributed by atoms with E-state index in [4.69, 9.17) is 11.6 Å². The molecule has 0 N–H and O–H groups in total. The maximum Gasteiger partial charge on any atom is 0.573 e. The van der Waals surface area contributed by atoms with E-state index in [9.17, 15) is 26.7 Å². The highest BCUT2D eigenvalue weighted by molar-refractivity contribution is 6.17. The van der Waals surface area contributed by atoms with Crippen LogP contribution in [-0.4, -0.2) is 24.4 Å². The van der Waals surface area contributed by atoms with Crippen LogP contribution in [0, 0.1) is 0 Å². The molecule has 0 bridgehead atoms. The lowest BCUT2D eigenvalue weighted by Crippen LogP contribution is -2.21. The van der Waals surface area contributed by atoms with Gasteiger partial charge in [0.1, 0.15) is 5.75 Å². The number of methoxy groups -OCH3 is 1. The average molecular weight is 334 g/mol. The molecule has 0 aliphatic rings. The SMILES string of the molecule is COC(=O)Cc1ncc(C(F)F)c(OC(F)(F)F)c1CCl. The standard InChI is InChI=1S/C11H9ClF5NO3/c1-20-8(19)2-7-5(3-12)9(21-11(15,16)17)6(4-18-7)10(13)14/h4,10H,2-3H2,1H3. The Morgan fingerprint density at radius 3 is 2.48 bits per heavy atom. The van der Waals surface area contributed by atoms with Gasteiger partial charge in [0.05, 0.1) is 30.7 Å².